The van der Waals surface area contributed by atoms with Crippen LogP contribution in [0, 0.1) is 0 Å². The zero-order valence-electron chi connectivity index (χ0n) is 13.3. The molecule has 1 aliphatic rings. The van der Waals surface area contributed by atoms with Crippen LogP contribution < -0.4 is 5.32 Å². The number of rotatable bonds is 8. The van der Waals surface area contributed by atoms with Crippen LogP contribution in [0.5, 0.6) is 0 Å². The van der Waals surface area contributed by atoms with E-state index >= 15 is 0 Å². The predicted octanol–water partition coefficient (Wildman–Crippen LogP) is 1.74. The molecule has 0 radical (unpaired) electrons. The van der Waals surface area contributed by atoms with E-state index in [2.05, 4.69) is 39.1 Å². The van der Waals surface area contributed by atoms with E-state index in [1.165, 1.54) is 32.6 Å². The van der Waals surface area contributed by atoms with E-state index < -0.39 is 0 Å². The lowest BCUT2D eigenvalue weighted by Gasteiger charge is -2.32. The number of hydrogen-bond donors (Lipinski definition) is 2. The Morgan fingerprint density at radius 3 is 2.76 bits per heavy atom. The average Bonchev–Trinajstić information content (AvgIpc) is 2.83. The quantitative estimate of drug-likeness (QED) is 0.718. The number of aromatic nitrogens is 2. The first-order valence-electron chi connectivity index (χ1n) is 8.04. The van der Waals surface area contributed by atoms with E-state index in [9.17, 15) is 0 Å². The summed E-state index contributed by atoms with van der Waals surface area (Å²) in [5.74, 6) is 1.01. The summed E-state index contributed by atoms with van der Waals surface area (Å²) in [7, 11) is 2.19. The predicted molar refractivity (Wildman–Crippen MR) is 87.9 cm³/mol. The largest absolute Gasteiger partial charge is 0.344 e. The second-order valence-corrected chi connectivity index (χ2v) is 6.24. The van der Waals surface area contributed by atoms with Crippen LogP contribution in [0.2, 0.25) is 5.15 Å². The Kier molecular flexibility index (Phi) is 6.96. The second kappa shape index (κ2) is 8.73. The smallest absolute Gasteiger partial charge is 0.151 e. The molecule has 0 atom stereocenters. The van der Waals surface area contributed by atoms with E-state index in [4.69, 9.17) is 11.6 Å². The van der Waals surface area contributed by atoms with Gasteiger partial charge in [-0.2, -0.15) is 0 Å². The lowest BCUT2D eigenvalue weighted by atomic mass is 10.2. The Hall–Kier alpha value is -0.620. The minimum atomic E-state index is 0.619. The third-order valence-corrected chi connectivity index (χ3v) is 4.36. The molecule has 2 heterocycles. The van der Waals surface area contributed by atoms with Crippen LogP contribution >= 0.6 is 11.6 Å². The van der Waals surface area contributed by atoms with Crippen LogP contribution in [0.3, 0.4) is 0 Å². The highest BCUT2D eigenvalue weighted by Gasteiger charge is 2.13. The van der Waals surface area contributed by atoms with Crippen LogP contribution in [0.15, 0.2) is 0 Å². The molecule has 0 spiro atoms. The van der Waals surface area contributed by atoms with E-state index in [0.717, 1.165) is 44.0 Å². The maximum absolute atomic E-state index is 6.17. The van der Waals surface area contributed by atoms with Crippen molar-refractivity contribution in [2.24, 2.45) is 0 Å². The molecule has 1 fully saturated rings. The number of aromatic amines is 1. The average molecular weight is 314 g/mol. The molecule has 1 aliphatic heterocycles. The molecule has 1 aromatic heterocycles. The van der Waals surface area contributed by atoms with Gasteiger partial charge < -0.3 is 15.2 Å². The molecule has 0 amide bonds. The number of likely N-dealkylation sites (N-methyl/N-ethyl adjacent to an activating group) is 1. The highest BCUT2D eigenvalue weighted by atomic mass is 35.5. The number of H-pyrrole nitrogens is 1. The summed E-state index contributed by atoms with van der Waals surface area (Å²) in [4.78, 5) is 12.6. The van der Waals surface area contributed by atoms with E-state index in [1.807, 2.05) is 0 Å². The molecule has 0 bridgehead atoms. The molecular formula is C15H28ClN5. The van der Waals surface area contributed by atoms with Crippen molar-refractivity contribution in [3.8, 4) is 0 Å². The Morgan fingerprint density at radius 2 is 2.05 bits per heavy atom. The van der Waals surface area contributed by atoms with Crippen molar-refractivity contribution in [1.82, 2.24) is 25.1 Å². The summed E-state index contributed by atoms with van der Waals surface area (Å²) in [6.07, 6.45) is 3.31. The first kappa shape index (κ1) is 16.7. The lowest BCUT2D eigenvalue weighted by Crippen LogP contribution is -2.46. The summed E-state index contributed by atoms with van der Waals surface area (Å²) in [5, 5.41) is 4.08. The summed E-state index contributed by atoms with van der Waals surface area (Å²) >= 11 is 6.17. The number of aryl methyl sites for hydroxylation is 1. The summed E-state index contributed by atoms with van der Waals surface area (Å²) in [5.41, 5.74) is 1.01. The van der Waals surface area contributed by atoms with Gasteiger partial charge in [0.1, 0.15) is 5.82 Å². The van der Waals surface area contributed by atoms with Crippen molar-refractivity contribution >= 4 is 11.6 Å². The third-order valence-electron chi connectivity index (χ3n) is 4.05. The summed E-state index contributed by atoms with van der Waals surface area (Å²) in [6.45, 7) is 9.73. The van der Waals surface area contributed by atoms with Gasteiger partial charge in [0, 0.05) is 52.2 Å². The number of unbranched alkanes of at least 4 members (excludes halogenated alkanes) is 1. The van der Waals surface area contributed by atoms with Gasteiger partial charge in [-0.1, -0.05) is 24.9 Å². The molecule has 6 heteroatoms. The number of piperazine rings is 1. The standard InChI is InChI=1S/C15H28ClN5/c1-3-4-5-14-18-13(15(16)19-14)12-17-6-7-21-10-8-20(2)9-11-21/h17H,3-12H2,1-2H3,(H,18,19). The normalized spacial score (nSPS) is 17.5. The number of halogens is 1. The molecule has 21 heavy (non-hydrogen) atoms. The van der Waals surface area contributed by atoms with Crippen LogP contribution in [-0.2, 0) is 13.0 Å². The van der Waals surface area contributed by atoms with Gasteiger partial charge in [0.2, 0.25) is 0 Å². The van der Waals surface area contributed by atoms with Gasteiger partial charge in [-0.3, -0.25) is 4.90 Å². The Morgan fingerprint density at radius 1 is 1.29 bits per heavy atom. The Balaban J connectivity index is 1.65. The van der Waals surface area contributed by atoms with Crippen LogP contribution in [-0.4, -0.2) is 66.1 Å². The molecule has 1 aromatic rings. The fraction of sp³-hybridized carbons (Fsp3) is 0.800. The second-order valence-electron chi connectivity index (χ2n) is 5.88. The third kappa shape index (κ3) is 5.58. The molecule has 0 aromatic carbocycles. The monoisotopic (exact) mass is 313 g/mol. The van der Waals surface area contributed by atoms with Gasteiger partial charge in [0.05, 0.1) is 5.69 Å². The molecule has 120 valence electrons. The fourth-order valence-corrected chi connectivity index (χ4v) is 2.76. The maximum atomic E-state index is 6.17. The van der Waals surface area contributed by atoms with E-state index in [-0.39, 0.29) is 0 Å². The van der Waals surface area contributed by atoms with E-state index in [1.54, 1.807) is 0 Å². The Labute approximate surface area is 133 Å². The fourth-order valence-electron chi connectivity index (χ4n) is 2.54. The maximum Gasteiger partial charge on any atom is 0.151 e. The lowest BCUT2D eigenvalue weighted by molar-refractivity contribution is 0.154. The molecule has 0 aliphatic carbocycles. The molecule has 0 unspecified atom stereocenters. The van der Waals surface area contributed by atoms with Gasteiger partial charge in [0.25, 0.3) is 0 Å². The molecule has 5 nitrogen and oxygen atoms in total. The molecule has 2 rings (SSSR count). The number of imidazole rings is 1. The number of nitrogens with zero attached hydrogens (tertiary/aromatic N) is 3. The van der Waals surface area contributed by atoms with Crippen LogP contribution in [0.1, 0.15) is 31.3 Å². The van der Waals surface area contributed by atoms with Gasteiger partial charge >= 0.3 is 0 Å². The van der Waals surface area contributed by atoms with E-state index in [0.29, 0.717) is 5.15 Å². The zero-order valence-corrected chi connectivity index (χ0v) is 14.0. The van der Waals surface area contributed by atoms with Gasteiger partial charge in [-0.05, 0) is 13.5 Å². The molecule has 1 saturated heterocycles. The number of nitrogens with one attached hydrogen (secondary N) is 2. The van der Waals surface area contributed by atoms with Crippen molar-refractivity contribution in [1.29, 1.82) is 0 Å². The van der Waals surface area contributed by atoms with Gasteiger partial charge in [-0.15, -0.1) is 0 Å². The highest BCUT2D eigenvalue weighted by molar-refractivity contribution is 6.30. The van der Waals surface area contributed by atoms with Crippen LogP contribution in [0.4, 0.5) is 0 Å². The van der Waals surface area contributed by atoms with Crippen molar-refractivity contribution < 1.29 is 0 Å². The molecular weight excluding hydrogens is 286 g/mol. The first-order chi connectivity index (χ1) is 10.2. The summed E-state index contributed by atoms with van der Waals surface area (Å²) in [6, 6.07) is 0. The van der Waals surface area contributed by atoms with Gasteiger partial charge in [-0.25, -0.2) is 4.98 Å². The molecule has 0 saturated carbocycles. The summed E-state index contributed by atoms with van der Waals surface area (Å²) < 4.78 is 0. The highest BCUT2D eigenvalue weighted by Crippen LogP contribution is 2.13. The molecule has 2 N–H and O–H groups in total. The van der Waals surface area contributed by atoms with Crippen molar-refractivity contribution in [2.75, 3.05) is 46.3 Å². The van der Waals surface area contributed by atoms with Gasteiger partial charge in [0.15, 0.2) is 5.15 Å². The van der Waals surface area contributed by atoms with Crippen molar-refractivity contribution in [2.45, 2.75) is 32.7 Å². The number of hydrogen-bond acceptors (Lipinski definition) is 4. The van der Waals surface area contributed by atoms with Crippen LogP contribution in [0.25, 0.3) is 0 Å². The minimum absolute atomic E-state index is 0.619. The van der Waals surface area contributed by atoms with Crippen molar-refractivity contribution in [3.05, 3.63) is 16.7 Å². The minimum Gasteiger partial charge on any atom is -0.344 e. The topological polar surface area (TPSA) is 47.2 Å². The van der Waals surface area contributed by atoms with Crippen molar-refractivity contribution in [3.63, 3.8) is 0 Å². The Bertz CT molecular complexity index is 412. The first-order valence-corrected chi connectivity index (χ1v) is 8.41. The zero-order chi connectivity index (χ0) is 15.1. The SMILES string of the molecule is CCCCc1nc(Cl)c(CNCCN2CCN(C)CC2)[nH]1.